The molecule has 0 aliphatic rings. The summed E-state index contributed by atoms with van der Waals surface area (Å²) in [5.74, 6) is -3.21. The maximum Gasteiger partial charge on any atom is 0.434 e. The summed E-state index contributed by atoms with van der Waals surface area (Å²) in [6.07, 6.45) is -4.14. The Morgan fingerprint density at radius 1 is 1.07 bits per heavy atom. The normalized spacial score (nSPS) is 11.5. The third-order valence-corrected chi connectivity index (χ3v) is 3.74. The van der Waals surface area contributed by atoms with Gasteiger partial charge in [0.2, 0.25) is 0 Å². The maximum atomic E-state index is 13.7. The molecule has 1 heterocycles. The molecule has 0 spiro atoms. The monoisotopic (exact) mass is 381 g/mol. The summed E-state index contributed by atoms with van der Waals surface area (Å²) in [5.41, 5.74) is -1.58. The summed E-state index contributed by atoms with van der Waals surface area (Å²) in [7, 11) is 0. The van der Waals surface area contributed by atoms with Crippen molar-refractivity contribution in [2.45, 2.75) is 13.1 Å². The van der Waals surface area contributed by atoms with Gasteiger partial charge in [0.05, 0.1) is 23.1 Å². The molecule has 0 saturated heterocycles. The highest BCUT2D eigenvalue weighted by molar-refractivity contribution is 6.05. The lowest BCUT2D eigenvalue weighted by Crippen LogP contribution is -2.21. The lowest BCUT2D eigenvalue weighted by molar-refractivity contribution is -0.143. The fourth-order valence-electron chi connectivity index (χ4n) is 2.45. The Balaban J connectivity index is 2.02. The van der Waals surface area contributed by atoms with Crippen LogP contribution < -0.4 is 5.32 Å². The van der Waals surface area contributed by atoms with E-state index in [4.69, 9.17) is 0 Å². The third kappa shape index (κ3) is 3.81. The molecule has 0 bridgehead atoms. The lowest BCUT2D eigenvalue weighted by Gasteiger charge is -2.13. The van der Waals surface area contributed by atoms with Crippen LogP contribution in [0.15, 0.2) is 48.7 Å². The highest BCUT2D eigenvalue weighted by Crippen LogP contribution is 2.34. The van der Waals surface area contributed by atoms with Gasteiger partial charge in [-0.3, -0.25) is 4.79 Å². The molecule has 1 aromatic heterocycles. The van der Waals surface area contributed by atoms with E-state index >= 15 is 0 Å². The smallest absolute Gasteiger partial charge is 0.319 e. The first-order valence-electron chi connectivity index (χ1n) is 7.65. The topological polar surface area (TPSA) is 46.9 Å². The number of alkyl halides is 3. The average molecular weight is 381 g/mol. The van der Waals surface area contributed by atoms with Crippen LogP contribution >= 0.6 is 0 Å². The minimum atomic E-state index is -4.89. The maximum absolute atomic E-state index is 13.7. The summed E-state index contributed by atoms with van der Waals surface area (Å²) >= 11 is 0. The second-order valence-electron chi connectivity index (χ2n) is 5.73. The van der Waals surface area contributed by atoms with Crippen LogP contribution in [0, 0.1) is 18.6 Å². The number of benzene rings is 2. The fraction of sp³-hybridized carbons (Fsp3) is 0.111. The molecular weight excluding hydrogens is 369 g/mol. The molecule has 140 valence electrons. The van der Waals surface area contributed by atoms with E-state index in [2.05, 4.69) is 5.10 Å². The lowest BCUT2D eigenvalue weighted by atomic mass is 10.2. The first-order chi connectivity index (χ1) is 12.7. The van der Waals surface area contributed by atoms with Gasteiger partial charge in [-0.2, -0.15) is 18.3 Å². The zero-order valence-corrected chi connectivity index (χ0v) is 13.8. The van der Waals surface area contributed by atoms with Crippen molar-refractivity contribution in [1.82, 2.24) is 9.78 Å². The Hall–Kier alpha value is -3.23. The Labute approximate surface area is 150 Å². The van der Waals surface area contributed by atoms with Gasteiger partial charge in [0.25, 0.3) is 5.91 Å². The molecule has 0 saturated carbocycles. The summed E-state index contributed by atoms with van der Waals surface area (Å²) in [4.78, 5) is 12.3. The summed E-state index contributed by atoms with van der Waals surface area (Å²) < 4.78 is 67.9. The van der Waals surface area contributed by atoms with Crippen LogP contribution in [0.1, 0.15) is 21.6 Å². The molecular formula is C18H12F5N3O. The van der Waals surface area contributed by atoms with Crippen molar-refractivity contribution in [2.75, 3.05) is 5.32 Å². The molecule has 0 atom stereocenters. The summed E-state index contributed by atoms with van der Waals surface area (Å²) in [6, 6.07) is 8.36. The van der Waals surface area contributed by atoms with E-state index in [1.807, 2.05) is 5.32 Å². The van der Waals surface area contributed by atoms with Crippen molar-refractivity contribution in [2.24, 2.45) is 0 Å². The molecule has 4 nitrogen and oxygen atoms in total. The molecule has 0 unspecified atom stereocenters. The highest BCUT2D eigenvalue weighted by Gasteiger charge is 2.40. The molecule has 0 fully saturated rings. The number of rotatable bonds is 3. The second-order valence-corrected chi connectivity index (χ2v) is 5.73. The van der Waals surface area contributed by atoms with Crippen molar-refractivity contribution < 1.29 is 26.7 Å². The standard InChI is InChI=1S/C18H12F5N3O/c1-10-2-5-12(6-3-10)26-16(18(21,22)23)13(9-24-26)17(27)25-15-7-4-11(19)8-14(15)20/h2-9H,1H3,(H,25,27). The number of hydrogen-bond acceptors (Lipinski definition) is 2. The SMILES string of the molecule is Cc1ccc(-n2ncc(C(=O)Nc3ccc(F)cc3F)c2C(F)(F)F)cc1. The predicted molar refractivity (Wildman–Crippen MR) is 87.6 cm³/mol. The number of carbonyl (C=O) groups is 1. The molecule has 0 aliphatic heterocycles. The van der Waals surface area contributed by atoms with Crippen LogP contribution in [0.2, 0.25) is 0 Å². The molecule has 9 heteroatoms. The van der Waals surface area contributed by atoms with E-state index in [0.29, 0.717) is 10.7 Å². The quantitative estimate of drug-likeness (QED) is 0.667. The molecule has 0 radical (unpaired) electrons. The Morgan fingerprint density at radius 2 is 1.74 bits per heavy atom. The second kappa shape index (κ2) is 6.82. The van der Waals surface area contributed by atoms with Gasteiger partial charge < -0.3 is 5.32 Å². The van der Waals surface area contributed by atoms with Gasteiger partial charge >= 0.3 is 6.18 Å². The van der Waals surface area contributed by atoms with Crippen LogP contribution in [0.3, 0.4) is 0 Å². The van der Waals surface area contributed by atoms with Crippen LogP contribution in [0.4, 0.5) is 27.6 Å². The van der Waals surface area contributed by atoms with Crippen molar-refractivity contribution in [1.29, 1.82) is 0 Å². The van der Waals surface area contributed by atoms with E-state index in [-0.39, 0.29) is 5.69 Å². The van der Waals surface area contributed by atoms with E-state index < -0.39 is 40.7 Å². The number of hydrogen-bond donors (Lipinski definition) is 1. The van der Waals surface area contributed by atoms with Gasteiger partial charge in [-0.1, -0.05) is 17.7 Å². The van der Waals surface area contributed by atoms with Crippen LogP contribution in [-0.4, -0.2) is 15.7 Å². The number of aryl methyl sites for hydroxylation is 1. The largest absolute Gasteiger partial charge is 0.434 e. The van der Waals surface area contributed by atoms with Crippen molar-refractivity contribution in [3.63, 3.8) is 0 Å². The van der Waals surface area contributed by atoms with Crippen LogP contribution in [0.5, 0.6) is 0 Å². The van der Waals surface area contributed by atoms with Crippen molar-refractivity contribution in [3.05, 3.63) is 77.1 Å². The number of halogens is 5. The third-order valence-electron chi connectivity index (χ3n) is 3.74. The summed E-state index contributed by atoms with van der Waals surface area (Å²) in [5, 5.41) is 5.67. The Bertz CT molecular complexity index is 993. The number of amides is 1. The van der Waals surface area contributed by atoms with Crippen LogP contribution in [-0.2, 0) is 6.18 Å². The number of carbonyl (C=O) groups excluding carboxylic acids is 1. The fourth-order valence-corrected chi connectivity index (χ4v) is 2.45. The van der Waals surface area contributed by atoms with Crippen LogP contribution in [0.25, 0.3) is 5.69 Å². The Kier molecular flexibility index (Phi) is 4.69. The predicted octanol–water partition coefficient (Wildman–Crippen LogP) is 4.73. The molecule has 0 aliphatic carbocycles. The summed E-state index contributed by atoms with van der Waals surface area (Å²) in [6.45, 7) is 1.77. The van der Waals surface area contributed by atoms with E-state index in [1.165, 1.54) is 12.1 Å². The number of nitrogens with one attached hydrogen (secondary N) is 1. The van der Waals surface area contributed by atoms with E-state index in [1.54, 1.807) is 19.1 Å². The molecule has 1 N–H and O–H groups in total. The van der Waals surface area contributed by atoms with Gasteiger partial charge in [-0.25, -0.2) is 13.5 Å². The van der Waals surface area contributed by atoms with Gasteiger partial charge in [-0.05, 0) is 31.2 Å². The number of nitrogens with zero attached hydrogens (tertiary/aromatic N) is 2. The van der Waals surface area contributed by atoms with E-state index in [0.717, 1.165) is 23.9 Å². The van der Waals surface area contributed by atoms with Gasteiger partial charge in [0.1, 0.15) is 11.6 Å². The molecule has 3 aromatic rings. The van der Waals surface area contributed by atoms with Crippen molar-refractivity contribution >= 4 is 11.6 Å². The molecule has 1 amide bonds. The zero-order chi connectivity index (χ0) is 19.8. The average Bonchev–Trinajstić information content (AvgIpc) is 3.03. The highest BCUT2D eigenvalue weighted by atomic mass is 19.4. The van der Waals surface area contributed by atoms with Gasteiger partial charge in [0.15, 0.2) is 5.69 Å². The molecule has 3 rings (SSSR count). The van der Waals surface area contributed by atoms with Gasteiger partial charge in [-0.15, -0.1) is 0 Å². The minimum absolute atomic E-state index is 0.111. The molecule has 2 aromatic carbocycles. The Morgan fingerprint density at radius 3 is 2.33 bits per heavy atom. The number of anilines is 1. The zero-order valence-electron chi connectivity index (χ0n) is 13.8. The minimum Gasteiger partial charge on any atom is -0.319 e. The number of aromatic nitrogens is 2. The van der Waals surface area contributed by atoms with Gasteiger partial charge in [0, 0.05) is 6.07 Å². The molecule has 27 heavy (non-hydrogen) atoms. The first-order valence-corrected chi connectivity index (χ1v) is 7.65. The van der Waals surface area contributed by atoms with Crippen molar-refractivity contribution in [3.8, 4) is 5.69 Å². The van der Waals surface area contributed by atoms with E-state index in [9.17, 15) is 26.7 Å². The first kappa shape index (κ1) is 18.6.